The summed E-state index contributed by atoms with van der Waals surface area (Å²) in [6, 6.07) is 15.3. The Hall–Kier alpha value is -2.86. The van der Waals surface area contributed by atoms with E-state index in [-0.39, 0.29) is 11.9 Å². The van der Waals surface area contributed by atoms with Crippen LogP contribution >= 0.6 is 11.6 Å². The number of rotatable bonds is 4. The molecule has 3 aromatic rings. The fourth-order valence-corrected chi connectivity index (χ4v) is 3.37. The second-order valence-corrected chi connectivity index (χ2v) is 6.72. The van der Waals surface area contributed by atoms with Gasteiger partial charge in [0.2, 0.25) is 0 Å². The van der Waals surface area contributed by atoms with Crippen molar-refractivity contribution in [3.63, 3.8) is 0 Å². The minimum atomic E-state index is -0.0788. The van der Waals surface area contributed by atoms with E-state index in [9.17, 15) is 4.79 Å². The van der Waals surface area contributed by atoms with Gasteiger partial charge in [0.05, 0.1) is 18.1 Å². The predicted octanol–water partition coefficient (Wildman–Crippen LogP) is 2.93. The lowest BCUT2D eigenvalue weighted by atomic mass is 10.1. The highest BCUT2D eigenvalue weighted by molar-refractivity contribution is 6.30. The van der Waals surface area contributed by atoms with Gasteiger partial charge in [0.15, 0.2) is 0 Å². The topological polar surface area (TPSA) is 63.1 Å². The Balaban J connectivity index is 1.42. The van der Waals surface area contributed by atoms with Crippen LogP contribution in [0.4, 0.5) is 5.69 Å². The summed E-state index contributed by atoms with van der Waals surface area (Å²) in [6.07, 6.45) is 4.26. The fourth-order valence-electron chi connectivity index (χ4n) is 3.19. The molecule has 1 atom stereocenters. The van der Waals surface area contributed by atoms with Crippen LogP contribution in [0.2, 0.25) is 5.02 Å². The normalized spacial score (nSPS) is 16.7. The van der Waals surface area contributed by atoms with Crippen LogP contribution in [0.3, 0.4) is 0 Å². The van der Waals surface area contributed by atoms with Crippen LogP contribution in [0.5, 0.6) is 0 Å². The number of amides is 1. The van der Waals surface area contributed by atoms with E-state index >= 15 is 0 Å². The van der Waals surface area contributed by atoms with Crippen molar-refractivity contribution >= 4 is 23.2 Å². The van der Waals surface area contributed by atoms with Crippen LogP contribution in [0.15, 0.2) is 60.9 Å². The summed E-state index contributed by atoms with van der Waals surface area (Å²) < 4.78 is 1.63. The van der Waals surface area contributed by atoms with Gasteiger partial charge in [0, 0.05) is 35.4 Å². The first-order valence-corrected chi connectivity index (χ1v) is 8.85. The van der Waals surface area contributed by atoms with E-state index in [1.54, 1.807) is 23.1 Å². The maximum Gasteiger partial charge on any atom is 0.251 e. The van der Waals surface area contributed by atoms with Crippen LogP contribution in [-0.2, 0) is 0 Å². The molecule has 0 saturated carbocycles. The summed E-state index contributed by atoms with van der Waals surface area (Å²) >= 11 is 6.07. The van der Waals surface area contributed by atoms with Crippen molar-refractivity contribution in [2.45, 2.75) is 12.5 Å². The first kappa shape index (κ1) is 16.6. The third-order valence-corrected chi connectivity index (χ3v) is 4.73. The van der Waals surface area contributed by atoms with E-state index in [1.807, 2.05) is 42.5 Å². The molecule has 1 fully saturated rings. The lowest BCUT2D eigenvalue weighted by Gasteiger charge is -2.19. The van der Waals surface area contributed by atoms with Crippen LogP contribution in [0.1, 0.15) is 16.8 Å². The monoisotopic (exact) mass is 367 g/mol. The van der Waals surface area contributed by atoms with Gasteiger partial charge in [-0.05, 0) is 42.8 Å². The quantitative estimate of drug-likeness (QED) is 0.770. The molecule has 2 aromatic carbocycles. The zero-order chi connectivity index (χ0) is 17.9. The Bertz CT molecular complexity index is 912. The Morgan fingerprint density at radius 2 is 2.00 bits per heavy atom. The molecule has 0 spiro atoms. The minimum Gasteiger partial charge on any atom is -0.369 e. The molecule has 1 saturated heterocycles. The van der Waals surface area contributed by atoms with Crippen LogP contribution in [0, 0.1) is 0 Å². The molecule has 0 bridgehead atoms. The molecule has 4 rings (SSSR count). The molecule has 1 N–H and O–H groups in total. The molecule has 132 valence electrons. The van der Waals surface area contributed by atoms with Crippen molar-refractivity contribution in [3.05, 3.63) is 71.5 Å². The lowest BCUT2D eigenvalue weighted by molar-refractivity contribution is 0.0940. The number of hydrogen-bond acceptors (Lipinski definition) is 4. The van der Waals surface area contributed by atoms with E-state index in [0.29, 0.717) is 5.56 Å². The lowest BCUT2D eigenvalue weighted by Crippen LogP contribution is -2.37. The second kappa shape index (κ2) is 7.17. The number of nitrogens with one attached hydrogen (secondary N) is 1. The molecule has 1 aliphatic heterocycles. The SMILES string of the molecule is O=C(N[C@H]1CCN(c2cccc(Cl)c2)C1)c1cccc(-n2ccnn2)c1. The van der Waals surface area contributed by atoms with Crippen molar-refractivity contribution in [2.75, 3.05) is 18.0 Å². The summed E-state index contributed by atoms with van der Waals surface area (Å²) in [5.74, 6) is -0.0788. The number of benzene rings is 2. The zero-order valence-electron chi connectivity index (χ0n) is 14.0. The highest BCUT2D eigenvalue weighted by Crippen LogP contribution is 2.23. The van der Waals surface area contributed by atoms with Gasteiger partial charge < -0.3 is 10.2 Å². The Morgan fingerprint density at radius 3 is 2.81 bits per heavy atom. The van der Waals surface area contributed by atoms with Gasteiger partial charge in [-0.15, -0.1) is 5.10 Å². The highest BCUT2D eigenvalue weighted by atomic mass is 35.5. The Kier molecular flexibility index (Phi) is 4.58. The maximum absolute atomic E-state index is 12.6. The molecule has 2 heterocycles. The summed E-state index contributed by atoms with van der Waals surface area (Å²) in [5.41, 5.74) is 2.50. The predicted molar refractivity (Wildman–Crippen MR) is 101 cm³/mol. The molecule has 1 amide bonds. The third-order valence-electron chi connectivity index (χ3n) is 4.49. The van der Waals surface area contributed by atoms with Gasteiger partial charge in [0.1, 0.15) is 0 Å². The summed E-state index contributed by atoms with van der Waals surface area (Å²) in [7, 11) is 0. The van der Waals surface area contributed by atoms with Crippen molar-refractivity contribution < 1.29 is 4.79 Å². The molecule has 7 heteroatoms. The van der Waals surface area contributed by atoms with Crippen molar-refractivity contribution in [1.82, 2.24) is 20.3 Å². The average molecular weight is 368 g/mol. The second-order valence-electron chi connectivity index (χ2n) is 6.28. The van der Waals surface area contributed by atoms with Gasteiger partial charge in [-0.25, -0.2) is 4.68 Å². The number of anilines is 1. The molecule has 0 unspecified atom stereocenters. The number of carbonyl (C=O) groups is 1. The Morgan fingerprint density at radius 1 is 1.15 bits per heavy atom. The summed E-state index contributed by atoms with van der Waals surface area (Å²) in [6.45, 7) is 1.67. The first-order valence-electron chi connectivity index (χ1n) is 8.47. The fraction of sp³-hybridized carbons (Fsp3) is 0.211. The number of nitrogens with zero attached hydrogens (tertiary/aromatic N) is 4. The first-order chi connectivity index (χ1) is 12.7. The van der Waals surface area contributed by atoms with E-state index in [0.717, 1.165) is 35.9 Å². The van der Waals surface area contributed by atoms with Crippen molar-refractivity contribution in [2.24, 2.45) is 0 Å². The Labute approximate surface area is 156 Å². The number of halogens is 1. The molecular formula is C19H18ClN5O. The smallest absolute Gasteiger partial charge is 0.251 e. The molecule has 0 radical (unpaired) electrons. The van der Waals surface area contributed by atoms with E-state index in [4.69, 9.17) is 11.6 Å². The van der Waals surface area contributed by atoms with Gasteiger partial charge in [-0.3, -0.25) is 4.79 Å². The molecule has 1 aliphatic rings. The number of aromatic nitrogens is 3. The average Bonchev–Trinajstić information content (AvgIpc) is 3.34. The summed E-state index contributed by atoms with van der Waals surface area (Å²) in [5, 5.41) is 11.6. The molecule has 1 aromatic heterocycles. The van der Waals surface area contributed by atoms with E-state index in [1.165, 1.54) is 0 Å². The van der Waals surface area contributed by atoms with Crippen LogP contribution < -0.4 is 10.2 Å². The standard InChI is InChI=1S/C19H18ClN5O/c20-15-4-2-5-17(12-15)24-9-7-16(13-24)22-19(26)14-3-1-6-18(11-14)25-10-8-21-23-25/h1-6,8,10-12,16H,7,9,13H2,(H,22,26)/t16-/m0/s1. The van der Waals surface area contributed by atoms with Gasteiger partial charge in [-0.2, -0.15) is 0 Å². The third kappa shape index (κ3) is 3.55. The maximum atomic E-state index is 12.6. The van der Waals surface area contributed by atoms with E-state index in [2.05, 4.69) is 20.5 Å². The van der Waals surface area contributed by atoms with Gasteiger partial charge in [-0.1, -0.05) is 28.9 Å². The largest absolute Gasteiger partial charge is 0.369 e. The van der Waals surface area contributed by atoms with Gasteiger partial charge in [0.25, 0.3) is 5.91 Å². The molecular weight excluding hydrogens is 350 g/mol. The van der Waals surface area contributed by atoms with Crippen LogP contribution in [0.25, 0.3) is 5.69 Å². The van der Waals surface area contributed by atoms with Crippen LogP contribution in [-0.4, -0.2) is 40.0 Å². The number of hydrogen-bond donors (Lipinski definition) is 1. The highest BCUT2D eigenvalue weighted by Gasteiger charge is 2.24. The van der Waals surface area contributed by atoms with Gasteiger partial charge >= 0.3 is 0 Å². The number of carbonyl (C=O) groups excluding carboxylic acids is 1. The molecule has 6 nitrogen and oxygen atoms in total. The molecule has 26 heavy (non-hydrogen) atoms. The van der Waals surface area contributed by atoms with E-state index < -0.39 is 0 Å². The molecule has 0 aliphatic carbocycles. The minimum absolute atomic E-state index is 0.0788. The van der Waals surface area contributed by atoms with Crippen molar-refractivity contribution in [1.29, 1.82) is 0 Å². The summed E-state index contributed by atoms with van der Waals surface area (Å²) in [4.78, 5) is 14.9. The van der Waals surface area contributed by atoms with Crippen molar-refractivity contribution in [3.8, 4) is 5.69 Å². The zero-order valence-corrected chi connectivity index (χ0v) is 14.8.